The van der Waals surface area contributed by atoms with Crippen LogP contribution in [0.2, 0.25) is 0 Å². The van der Waals surface area contributed by atoms with Crippen LogP contribution in [0.15, 0.2) is 45.5 Å². The van der Waals surface area contributed by atoms with E-state index in [0.717, 1.165) is 24.2 Å². The standard InChI is InChI=1S/C18H19BrN2O4/c1-24-13-6-4-12(5-7-13)14-3-2-10-21(14)17(22)11-20-18(23)15-8-9-16(19)25-15/h4-9,14H,2-3,10-11H2,1H3,(H,20,23). The fraction of sp³-hybridized carbons (Fsp3) is 0.333. The largest absolute Gasteiger partial charge is 0.497 e. The first-order valence-electron chi connectivity index (χ1n) is 8.05. The van der Waals surface area contributed by atoms with Crippen molar-refractivity contribution >= 4 is 27.7 Å². The number of likely N-dealkylation sites (tertiary alicyclic amines) is 1. The Morgan fingerprint density at radius 3 is 2.68 bits per heavy atom. The summed E-state index contributed by atoms with van der Waals surface area (Å²) in [6.45, 7) is 0.640. The van der Waals surface area contributed by atoms with Crippen molar-refractivity contribution in [3.05, 3.63) is 52.4 Å². The van der Waals surface area contributed by atoms with E-state index >= 15 is 0 Å². The van der Waals surface area contributed by atoms with Gasteiger partial charge in [-0.2, -0.15) is 0 Å². The van der Waals surface area contributed by atoms with Crippen LogP contribution < -0.4 is 10.1 Å². The molecule has 1 atom stereocenters. The van der Waals surface area contributed by atoms with Crippen LogP contribution >= 0.6 is 15.9 Å². The molecule has 0 spiro atoms. The molecule has 1 aliphatic rings. The van der Waals surface area contributed by atoms with Crippen LogP contribution in [-0.2, 0) is 4.79 Å². The summed E-state index contributed by atoms with van der Waals surface area (Å²) in [5.74, 6) is 0.459. The number of nitrogens with one attached hydrogen (secondary N) is 1. The third kappa shape index (κ3) is 4.04. The fourth-order valence-electron chi connectivity index (χ4n) is 3.02. The van der Waals surface area contributed by atoms with E-state index in [4.69, 9.17) is 9.15 Å². The van der Waals surface area contributed by atoms with Crippen LogP contribution in [0.3, 0.4) is 0 Å². The topological polar surface area (TPSA) is 71.8 Å². The molecule has 132 valence electrons. The number of carbonyl (C=O) groups is 2. The van der Waals surface area contributed by atoms with E-state index in [1.807, 2.05) is 29.2 Å². The summed E-state index contributed by atoms with van der Waals surface area (Å²) in [4.78, 5) is 26.3. The van der Waals surface area contributed by atoms with Crippen molar-refractivity contribution in [1.82, 2.24) is 10.2 Å². The molecule has 0 bridgehead atoms. The number of halogens is 1. The minimum Gasteiger partial charge on any atom is -0.497 e. The Bertz CT molecular complexity index is 757. The first-order valence-corrected chi connectivity index (χ1v) is 8.84. The van der Waals surface area contributed by atoms with Crippen molar-refractivity contribution in [3.8, 4) is 5.75 Å². The minimum atomic E-state index is -0.403. The average molecular weight is 407 g/mol. The van der Waals surface area contributed by atoms with E-state index in [1.54, 1.807) is 19.2 Å². The first kappa shape index (κ1) is 17.5. The molecule has 2 aromatic rings. The van der Waals surface area contributed by atoms with Gasteiger partial charge < -0.3 is 19.4 Å². The Labute approximate surface area is 154 Å². The summed E-state index contributed by atoms with van der Waals surface area (Å²) in [5.41, 5.74) is 1.08. The molecule has 2 heterocycles. The van der Waals surface area contributed by atoms with E-state index in [2.05, 4.69) is 21.2 Å². The zero-order chi connectivity index (χ0) is 17.8. The highest BCUT2D eigenvalue weighted by Gasteiger charge is 2.30. The van der Waals surface area contributed by atoms with E-state index < -0.39 is 5.91 Å². The van der Waals surface area contributed by atoms with Gasteiger partial charge in [0.1, 0.15) is 5.75 Å². The lowest BCUT2D eigenvalue weighted by Gasteiger charge is -2.25. The van der Waals surface area contributed by atoms with Crippen LogP contribution in [0.25, 0.3) is 0 Å². The number of nitrogens with zero attached hydrogens (tertiary/aromatic N) is 1. The quantitative estimate of drug-likeness (QED) is 0.827. The number of benzene rings is 1. The number of hydrogen-bond acceptors (Lipinski definition) is 4. The highest BCUT2D eigenvalue weighted by molar-refractivity contribution is 9.10. The van der Waals surface area contributed by atoms with Crippen LogP contribution in [-0.4, -0.2) is 36.9 Å². The number of ether oxygens (including phenoxy) is 1. The van der Waals surface area contributed by atoms with Crippen molar-refractivity contribution in [2.75, 3.05) is 20.2 Å². The van der Waals surface area contributed by atoms with Gasteiger partial charge in [0, 0.05) is 6.54 Å². The van der Waals surface area contributed by atoms with Gasteiger partial charge in [0.2, 0.25) is 5.91 Å². The average Bonchev–Trinajstić information content (AvgIpc) is 3.28. The molecule has 1 aliphatic heterocycles. The summed E-state index contributed by atoms with van der Waals surface area (Å²) in [6.07, 6.45) is 1.86. The van der Waals surface area contributed by atoms with Gasteiger partial charge in [0.05, 0.1) is 19.7 Å². The highest BCUT2D eigenvalue weighted by Crippen LogP contribution is 2.32. The highest BCUT2D eigenvalue weighted by atomic mass is 79.9. The molecule has 1 saturated heterocycles. The summed E-state index contributed by atoms with van der Waals surface area (Å²) in [7, 11) is 1.63. The number of rotatable bonds is 5. The predicted octanol–water partition coefficient (Wildman–Crippen LogP) is 3.14. The summed E-state index contributed by atoms with van der Waals surface area (Å²) in [5, 5.41) is 2.61. The first-order chi connectivity index (χ1) is 12.1. The van der Waals surface area contributed by atoms with Gasteiger partial charge in [0.25, 0.3) is 5.91 Å². The molecule has 25 heavy (non-hydrogen) atoms. The number of methoxy groups -OCH3 is 1. The summed E-state index contributed by atoms with van der Waals surface area (Å²) < 4.78 is 10.8. The lowest BCUT2D eigenvalue weighted by atomic mass is 10.0. The SMILES string of the molecule is COc1ccc(C2CCCN2C(=O)CNC(=O)c2ccc(Br)o2)cc1. The Kier molecular flexibility index (Phi) is 5.43. The van der Waals surface area contributed by atoms with Crippen molar-refractivity contribution < 1.29 is 18.7 Å². The number of carbonyl (C=O) groups excluding carboxylic acids is 2. The van der Waals surface area contributed by atoms with Crippen molar-refractivity contribution in [2.45, 2.75) is 18.9 Å². The lowest BCUT2D eigenvalue weighted by Crippen LogP contribution is -2.39. The smallest absolute Gasteiger partial charge is 0.287 e. The van der Waals surface area contributed by atoms with E-state index in [1.165, 1.54) is 0 Å². The molecule has 0 aliphatic carbocycles. The van der Waals surface area contributed by atoms with Crippen molar-refractivity contribution in [1.29, 1.82) is 0 Å². The zero-order valence-corrected chi connectivity index (χ0v) is 15.4. The predicted molar refractivity (Wildman–Crippen MR) is 95.4 cm³/mol. The van der Waals surface area contributed by atoms with Gasteiger partial charge in [0.15, 0.2) is 10.4 Å². The Hall–Kier alpha value is -2.28. The van der Waals surface area contributed by atoms with Crippen LogP contribution in [0, 0.1) is 0 Å². The Balaban J connectivity index is 1.61. The van der Waals surface area contributed by atoms with E-state index in [-0.39, 0.29) is 24.3 Å². The van der Waals surface area contributed by atoms with E-state index in [9.17, 15) is 9.59 Å². The number of amides is 2. The second kappa shape index (κ2) is 7.74. The summed E-state index contributed by atoms with van der Waals surface area (Å²) >= 11 is 3.15. The molecule has 3 rings (SSSR count). The normalized spacial score (nSPS) is 16.7. The monoisotopic (exact) mass is 406 g/mol. The molecule has 0 saturated carbocycles. The molecule has 1 fully saturated rings. The van der Waals surface area contributed by atoms with Gasteiger partial charge >= 0.3 is 0 Å². The van der Waals surface area contributed by atoms with Gasteiger partial charge in [-0.1, -0.05) is 12.1 Å². The lowest BCUT2D eigenvalue weighted by molar-refractivity contribution is -0.131. The van der Waals surface area contributed by atoms with Crippen LogP contribution in [0.5, 0.6) is 5.75 Å². The van der Waals surface area contributed by atoms with Gasteiger partial charge in [-0.05, 0) is 58.6 Å². The van der Waals surface area contributed by atoms with Crippen LogP contribution in [0.1, 0.15) is 35.0 Å². The maximum atomic E-state index is 12.5. The molecule has 1 unspecified atom stereocenters. The third-order valence-electron chi connectivity index (χ3n) is 4.27. The number of furan rings is 1. The Morgan fingerprint density at radius 2 is 2.04 bits per heavy atom. The Morgan fingerprint density at radius 1 is 1.28 bits per heavy atom. The molecular weight excluding hydrogens is 388 g/mol. The van der Waals surface area contributed by atoms with Gasteiger partial charge in [-0.15, -0.1) is 0 Å². The molecule has 1 aromatic heterocycles. The van der Waals surface area contributed by atoms with E-state index in [0.29, 0.717) is 11.2 Å². The molecule has 0 radical (unpaired) electrons. The van der Waals surface area contributed by atoms with Crippen LogP contribution in [0.4, 0.5) is 0 Å². The third-order valence-corrected chi connectivity index (χ3v) is 4.70. The van der Waals surface area contributed by atoms with Gasteiger partial charge in [-0.3, -0.25) is 9.59 Å². The zero-order valence-electron chi connectivity index (χ0n) is 13.8. The van der Waals surface area contributed by atoms with Crippen molar-refractivity contribution in [2.24, 2.45) is 0 Å². The molecule has 2 amide bonds. The number of hydrogen-bond donors (Lipinski definition) is 1. The fourth-order valence-corrected chi connectivity index (χ4v) is 3.33. The van der Waals surface area contributed by atoms with Gasteiger partial charge in [-0.25, -0.2) is 0 Å². The molecule has 1 aromatic carbocycles. The molecular formula is C18H19BrN2O4. The minimum absolute atomic E-state index is 0.0352. The molecule has 6 nitrogen and oxygen atoms in total. The molecule has 1 N–H and O–H groups in total. The maximum Gasteiger partial charge on any atom is 0.287 e. The molecule has 7 heteroatoms. The van der Waals surface area contributed by atoms with Crippen molar-refractivity contribution in [3.63, 3.8) is 0 Å². The summed E-state index contributed by atoms with van der Waals surface area (Å²) in [6, 6.07) is 11.0. The maximum absolute atomic E-state index is 12.5. The second-order valence-corrected chi connectivity index (χ2v) is 6.59. The second-order valence-electron chi connectivity index (χ2n) is 5.80.